The van der Waals surface area contributed by atoms with E-state index in [0.29, 0.717) is 17.2 Å². The molecule has 0 unspecified atom stereocenters. The van der Waals surface area contributed by atoms with E-state index >= 15 is 0 Å². The molecule has 1 aromatic carbocycles. The van der Waals surface area contributed by atoms with Crippen LogP contribution in [-0.4, -0.2) is 32.7 Å². The lowest BCUT2D eigenvalue weighted by Crippen LogP contribution is -2.30. The smallest absolute Gasteiger partial charge is 0.394 e. The number of aromatic nitrogens is 3. The van der Waals surface area contributed by atoms with Gasteiger partial charge < -0.3 is 15.7 Å². The maximum absolute atomic E-state index is 12.9. The summed E-state index contributed by atoms with van der Waals surface area (Å²) in [6.07, 6.45) is -2.87. The highest BCUT2D eigenvalue weighted by atomic mass is 35.5. The van der Waals surface area contributed by atoms with Crippen molar-refractivity contribution < 1.29 is 18.3 Å². The third-order valence-electron chi connectivity index (χ3n) is 4.53. The van der Waals surface area contributed by atoms with E-state index in [2.05, 4.69) is 25.6 Å². The van der Waals surface area contributed by atoms with Crippen molar-refractivity contribution >= 4 is 29.1 Å². The summed E-state index contributed by atoms with van der Waals surface area (Å²) in [5.41, 5.74) is 0.488. The molecule has 3 aromatic rings. The maximum Gasteiger partial charge on any atom is 0.416 e. The molecule has 0 aliphatic carbocycles. The van der Waals surface area contributed by atoms with E-state index in [9.17, 15) is 18.3 Å². The predicted octanol–water partition coefficient (Wildman–Crippen LogP) is 5.38. The van der Waals surface area contributed by atoms with E-state index in [0.717, 1.165) is 12.1 Å². The van der Waals surface area contributed by atoms with Gasteiger partial charge in [-0.05, 0) is 36.2 Å². The largest absolute Gasteiger partial charge is 0.416 e. The topological polar surface area (TPSA) is 83.0 Å². The molecule has 0 bridgehead atoms. The first-order chi connectivity index (χ1) is 14.7. The molecule has 2 heterocycles. The van der Waals surface area contributed by atoms with Crippen LogP contribution < -0.4 is 10.6 Å². The SMILES string of the molecule is CC(C)[C@H](CO)Nc1nc(Nc2ccc(C(F)(F)F)cc2Cl)cc(-c2ccccn2)n1. The quantitative estimate of drug-likeness (QED) is 0.447. The lowest BCUT2D eigenvalue weighted by atomic mass is 10.1. The van der Waals surface area contributed by atoms with E-state index in [-0.39, 0.29) is 35.2 Å². The highest BCUT2D eigenvalue weighted by Crippen LogP contribution is 2.35. The number of nitrogens with zero attached hydrogens (tertiary/aromatic N) is 3. The summed E-state index contributed by atoms with van der Waals surface area (Å²) in [6.45, 7) is 3.76. The van der Waals surface area contributed by atoms with Crippen LogP contribution in [0.4, 0.5) is 30.6 Å². The fraction of sp³-hybridized carbons (Fsp3) is 0.286. The van der Waals surface area contributed by atoms with Gasteiger partial charge in [-0.1, -0.05) is 31.5 Å². The molecule has 1 atom stereocenters. The van der Waals surface area contributed by atoms with Gasteiger partial charge in [0.15, 0.2) is 0 Å². The summed E-state index contributed by atoms with van der Waals surface area (Å²) >= 11 is 6.06. The zero-order valence-corrected chi connectivity index (χ0v) is 17.5. The monoisotopic (exact) mass is 451 g/mol. The van der Waals surface area contributed by atoms with Crippen molar-refractivity contribution in [2.75, 3.05) is 17.2 Å². The third-order valence-corrected chi connectivity index (χ3v) is 4.84. The maximum atomic E-state index is 12.9. The fourth-order valence-corrected chi connectivity index (χ4v) is 2.97. The Bertz CT molecular complexity index is 1030. The Kier molecular flexibility index (Phi) is 6.97. The fourth-order valence-electron chi connectivity index (χ4n) is 2.74. The van der Waals surface area contributed by atoms with Crippen molar-refractivity contribution in [1.82, 2.24) is 15.0 Å². The van der Waals surface area contributed by atoms with Crippen molar-refractivity contribution in [3.63, 3.8) is 0 Å². The first kappa shape index (κ1) is 22.8. The van der Waals surface area contributed by atoms with E-state index < -0.39 is 11.7 Å². The van der Waals surface area contributed by atoms with Crippen molar-refractivity contribution in [1.29, 1.82) is 0 Å². The Hall–Kier alpha value is -2.91. The minimum absolute atomic E-state index is 0.0993. The molecule has 3 rings (SSSR count). The molecular formula is C21H21ClF3N5O. The van der Waals surface area contributed by atoms with E-state index in [1.54, 1.807) is 24.4 Å². The van der Waals surface area contributed by atoms with Gasteiger partial charge in [-0.15, -0.1) is 0 Å². The first-order valence-electron chi connectivity index (χ1n) is 9.49. The Morgan fingerprint density at radius 3 is 2.42 bits per heavy atom. The molecular weight excluding hydrogens is 431 g/mol. The average molecular weight is 452 g/mol. The van der Waals surface area contributed by atoms with Crippen LogP contribution in [-0.2, 0) is 6.18 Å². The summed E-state index contributed by atoms with van der Waals surface area (Å²) in [5.74, 6) is 0.648. The molecule has 10 heteroatoms. The van der Waals surface area contributed by atoms with Crippen LogP contribution in [0.5, 0.6) is 0 Å². The van der Waals surface area contributed by atoms with Gasteiger partial charge in [-0.25, -0.2) is 4.98 Å². The molecule has 0 fully saturated rings. The van der Waals surface area contributed by atoms with Crippen LogP contribution in [0.1, 0.15) is 19.4 Å². The number of aliphatic hydroxyl groups excluding tert-OH is 1. The van der Waals surface area contributed by atoms with Gasteiger partial charge in [0.1, 0.15) is 5.82 Å². The van der Waals surface area contributed by atoms with Crippen LogP contribution in [0.15, 0.2) is 48.7 Å². The van der Waals surface area contributed by atoms with Crippen molar-refractivity contribution in [2.24, 2.45) is 5.92 Å². The zero-order chi connectivity index (χ0) is 22.6. The van der Waals surface area contributed by atoms with Gasteiger partial charge in [-0.3, -0.25) is 4.98 Å². The van der Waals surface area contributed by atoms with Crippen molar-refractivity contribution in [2.45, 2.75) is 26.1 Å². The van der Waals surface area contributed by atoms with E-state index in [4.69, 9.17) is 11.6 Å². The molecule has 2 aromatic heterocycles. The third kappa shape index (κ3) is 5.83. The highest BCUT2D eigenvalue weighted by Gasteiger charge is 2.31. The van der Waals surface area contributed by atoms with Gasteiger partial charge in [-0.2, -0.15) is 18.2 Å². The molecule has 0 saturated heterocycles. The number of benzene rings is 1. The lowest BCUT2D eigenvalue weighted by molar-refractivity contribution is -0.137. The average Bonchev–Trinajstić information content (AvgIpc) is 2.73. The molecule has 0 amide bonds. The van der Waals surface area contributed by atoms with Crippen LogP contribution in [0, 0.1) is 5.92 Å². The second kappa shape index (κ2) is 9.49. The molecule has 0 aliphatic rings. The van der Waals surface area contributed by atoms with E-state index in [1.807, 2.05) is 19.9 Å². The second-order valence-electron chi connectivity index (χ2n) is 7.17. The van der Waals surface area contributed by atoms with Crippen LogP contribution in [0.2, 0.25) is 5.02 Å². The number of rotatable bonds is 7. The number of halogens is 4. The summed E-state index contributed by atoms with van der Waals surface area (Å²) in [7, 11) is 0. The highest BCUT2D eigenvalue weighted by molar-refractivity contribution is 6.33. The lowest BCUT2D eigenvalue weighted by Gasteiger charge is -2.20. The standard InChI is InChI=1S/C21H21ClF3N5O/c1-12(2)18(11-31)29-20-28-17(16-5-3-4-8-26-16)10-19(30-20)27-15-7-6-13(9-14(15)22)21(23,24)25/h3-10,12,18,31H,11H2,1-2H3,(H2,27,28,29,30)/t18-/m0/s1. The molecule has 0 aliphatic heterocycles. The summed E-state index contributed by atoms with van der Waals surface area (Å²) in [5, 5.41) is 15.5. The van der Waals surface area contributed by atoms with Crippen LogP contribution in [0.25, 0.3) is 11.4 Å². The number of hydrogen-bond acceptors (Lipinski definition) is 6. The molecule has 3 N–H and O–H groups in total. The number of aliphatic hydroxyl groups is 1. The summed E-state index contributed by atoms with van der Waals surface area (Å²) in [4.78, 5) is 13.1. The molecule has 6 nitrogen and oxygen atoms in total. The summed E-state index contributed by atoms with van der Waals surface area (Å²) in [6, 6.07) is 9.71. The zero-order valence-electron chi connectivity index (χ0n) is 16.8. The predicted molar refractivity (Wildman–Crippen MR) is 114 cm³/mol. The van der Waals surface area contributed by atoms with Gasteiger partial charge >= 0.3 is 6.18 Å². The van der Waals surface area contributed by atoms with Crippen LogP contribution in [0.3, 0.4) is 0 Å². The number of hydrogen-bond donors (Lipinski definition) is 3. The first-order valence-corrected chi connectivity index (χ1v) is 9.87. The van der Waals surface area contributed by atoms with Gasteiger partial charge in [0.2, 0.25) is 5.95 Å². The molecule has 164 valence electrons. The number of pyridine rings is 1. The Balaban J connectivity index is 1.98. The minimum Gasteiger partial charge on any atom is -0.394 e. The van der Waals surface area contributed by atoms with Gasteiger partial charge in [0, 0.05) is 12.3 Å². The van der Waals surface area contributed by atoms with Gasteiger partial charge in [0.25, 0.3) is 0 Å². The van der Waals surface area contributed by atoms with Crippen molar-refractivity contribution in [3.05, 3.63) is 59.2 Å². The van der Waals surface area contributed by atoms with Gasteiger partial charge in [0.05, 0.1) is 40.3 Å². The molecule has 0 saturated carbocycles. The normalized spacial score (nSPS) is 12.6. The molecule has 31 heavy (non-hydrogen) atoms. The number of anilines is 3. The minimum atomic E-state index is -4.49. The molecule has 0 spiro atoms. The van der Waals surface area contributed by atoms with E-state index in [1.165, 1.54) is 6.07 Å². The summed E-state index contributed by atoms with van der Waals surface area (Å²) < 4.78 is 38.7. The second-order valence-corrected chi connectivity index (χ2v) is 7.58. The number of alkyl halides is 3. The van der Waals surface area contributed by atoms with Crippen molar-refractivity contribution in [3.8, 4) is 11.4 Å². The number of nitrogens with one attached hydrogen (secondary N) is 2. The molecule has 0 radical (unpaired) electrons. The Labute approximate surface area is 182 Å². The van der Waals surface area contributed by atoms with Crippen LogP contribution >= 0.6 is 11.6 Å². The Morgan fingerprint density at radius 2 is 1.84 bits per heavy atom. The Morgan fingerprint density at radius 1 is 1.06 bits per heavy atom.